The molecule has 0 aromatic rings. The average Bonchev–Trinajstić information content (AvgIpc) is 2.54. The summed E-state index contributed by atoms with van der Waals surface area (Å²) in [5, 5.41) is 8.33. The van der Waals surface area contributed by atoms with E-state index >= 15 is 0 Å². The first kappa shape index (κ1) is 28.8. The summed E-state index contributed by atoms with van der Waals surface area (Å²) >= 11 is 0. The fraction of sp³-hybridized carbons (Fsp3) is 0.889. The van der Waals surface area contributed by atoms with E-state index in [4.69, 9.17) is 16.6 Å². The Bertz CT molecular complexity index is 267. The minimum absolute atomic E-state index is 0. The van der Waals surface area contributed by atoms with Crippen LogP contribution >= 0.6 is 0 Å². The molecule has 0 amide bonds. The predicted molar refractivity (Wildman–Crippen MR) is 96.1 cm³/mol. The molecule has 24 heavy (non-hydrogen) atoms. The predicted octanol–water partition coefficient (Wildman–Crippen LogP) is 0.548. The van der Waals surface area contributed by atoms with Crippen LogP contribution in [0, 0.1) is 0 Å². The number of rotatable bonds is 15. The third-order valence-electron chi connectivity index (χ3n) is 3.67. The molecule has 0 bridgehead atoms. The Balaban J connectivity index is -0.000000364. The molecule has 0 saturated heterocycles. The molecule has 5 nitrogen and oxygen atoms in total. The smallest absolute Gasteiger partial charge is 0.542 e. The molecule has 0 aromatic heterocycles. The SMILES string of the molecule is CCCCCCCCCCC[C-]=O.NCCCCC(N)C(=O)O.[Na+]. The summed E-state index contributed by atoms with van der Waals surface area (Å²) in [6.45, 7) is 2.85. The second kappa shape index (κ2) is 25.3. The second-order valence-corrected chi connectivity index (χ2v) is 5.95. The van der Waals surface area contributed by atoms with E-state index in [1.54, 1.807) is 0 Å². The van der Waals surface area contributed by atoms with Gasteiger partial charge in [0.2, 0.25) is 0 Å². The normalized spacial score (nSPS) is 11.0. The minimum atomic E-state index is -0.933. The molecule has 0 aliphatic rings. The number of carboxylic acid groups (broad SMARTS) is 1. The van der Waals surface area contributed by atoms with Crippen molar-refractivity contribution in [3.8, 4) is 0 Å². The van der Waals surface area contributed by atoms with Gasteiger partial charge in [-0.3, -0.25) is 11.1 Å². The Kier molecular flexibility index (Phi) is 30.4. The van der Waals surface area contributed by atoms with Gasteiger partial charge >= 0.3 is 35.5 Å². The Labute approximate surface area is 170 Å². The van der Waals surface area contributed by atoms with Crippen LogP contribution in [0.1, 0.15) is 90.4 Å². The van der Waals surface area contributed by atoms with Crippen molar-refractivity contribution in [1.29, 1.82) is 0 Å². The van der Waals surface area contributed by atoms with Crippen LogP contribution in [0.4, 0.5) is 0 Å². The van der Waals surface area contributed by atoms with Crippen molar-refractivity contribution in [2.24, 2.45) is 11.5 Å². The monoisotopic (exact) mass is 352 g/mol. The Hall–Kier alpha value is 0.0600. The van der Waals surface area contributed by atoms with E-state index in [1.807, 2.05) is 6.29 Å². The maximum atomic E-state index is 10.1. The Morgan fingerprint density at radius 3 is 1.88 bits per heavy atom. The van der Waals surface area contributed by atoms with Gasteiger partial charge in [0.05, 0.1) is 0 Å². The number of carbonyl (C=O) groups excluding carboxylic acids is 1. The summed E-state index contributed by atoms with van der Waals surface area (Å²) in [7, 11) is 0. The standard InChI is InChI=1S/C12H23O.C6H14N2O2.Na/c1-2-3-4-5-6-7-8-9-10-11-12-13;7-4-2-1-3-5(8)6(9)10;/h2-11H2,1H3;5H,1-4,7-8H2,(H,9,10);/q-1;;+1. The molecule has 0 aromatic carbocycles. The van der Waals surface area contributed by atoms with Crippen LogP contribution in [-0.4, -0.2) is 29.9 Å². The molecule has 138 valence electrons. The van der Waals surface area contributed by atoms with E-state index in [9.17, 15) is 9.59 Å². The maximum Gasteiger partial charge on any atom is 1.00 e. The average molecular weight is 352 g/mol. The number of aliphatic carboxylic acids is 1. The fourth-order valence-electron chi connectivity index (χ4n) is 2.14. The van der Waals surface area contributed by atoms with Gasteiger partial charge in [-0.2, -0.15) is 6.42 Å². The molecule has 0 saturated carbocycles. The second-order valence-electron chi connectivity index (χ2n) is 5.95. The van der Waals surface area contributed by atoms with Gasteiger partial charge < -0.3 is 21.4 Å². The summed E-state index contributed by atoms with van der Waals surface area (Å²) in [4.78, 5) is 20.0. The van der Waals surface area contributed by atoms with Gasteiger partial charge in [-0.25, -0.2) is 0 Å². The van der Waals surface area contributed by atoms with Crippen LogP contribution in [0.15, 0.2) is 0 Å². The summed E-state index contributed by atoms with van der Waals surface area (Å²) in [6.07, 6.45) is 16.5. The fourth-order valence-corrected chi connectivity index (χ4v) is 2.14. The van der Waals surface area contributed by atoms with Crippen LogP contribution in [0.2, 0.25) is 0 Å². The molecular weight excluding hydrogens is 315 g/mol. The zero-order chi connectivity index (χ0) is 17.8. The largest absolute Gasteiger partial charge is 1.00 e. The number of unbranched alkanes of at least 4 members (excludes halogenated alkanes) is 10. The molecule has 1 unspecified atom stereocenters. The molecule has 0 radical (unpaired) electrons. The van der Waals surface area contributed by atoms with Crippen molar-refractivity contribution >= 4 is 12.3 Å². The topological polar surface area (TPSA) is 106 Å². The van der Waals surface area contributed by atoms with Crippen LogP contribution in [-0.2, 0) is 9.59 Å². The number of hydrogen-bond donors (Lipinski definition) is 3. The summed E-state index contributed by atoms with van der Waals surface area (Å²) in [5.74, 6) is -0.933. The van der Waals surface area contributed by atoms with Gasteiger partial charge in [0, 0.05) is 0 Å². The first-order valence-electron chi connectivity index (χ1n) is 9.13. The van der Waals surface area contributed by atoms with E-state index in [-0.39, 0.29) is 29.6 Å². The Morgan fingerprint density at radius 1 is 0.958 bits per heavy atom. The van der Waals surface area contributed by atoms with Gasteiger partial charge in [0.15, 0.2) is 0 Å². The van der Waals surface area contributed by atoms with Crippen molar-refractivity contribution in [2.45, 2.75) is 96.4 Å². The van der Waals surface area contributed by atoms with E-state index in [2.05, 4.69) is 6.92 Å². The summed E-state index contributed by atoms with van der Waals surface area (Å²) in [6, 6.07) is -0.716. The minimum Gasteiger partial charge on any atom is -0.542 e. The molecule has 5 N–H and O–H groups in total. The molecule has 0 aliphatic carbocycles. The van der Waals surface area contributed by atoms with Gasteiger partial charge in [-0.15, -0.1) is 0 Å². The van der Waals surface area contributed by atoms with Gasteiger partial charge in [0.25, 0.3) is 0 Å². The summed E-state index contributed by atoms with van der Waals surface area (Å²) < 4.78 is 0. The van der Waals surface area contributed by atoms with Crippen LogP contribution < -0.4 is 41.0 Å². The third-order valence-corrected chi connectivity index (χ3v) is 3.67. The summed E-state index contributed by atoms with van der Waals surface area (Å²) in [5.41, 5.74) is 10.4. The molecular formula is C18H37N2NaO3. The maximum absolute atomic E-state index is 10.1. The molecule has 0 aliphatic heterocycles. The van der Waals surface area contributed by atoms with Gasteiger partial charge in [0.1, 0.15) is 6.04 Å². The van der Waals surface area contributed by atoms with E-state index < -0.39 is 12.0 Å². The first-order valence-corrected chi connectivity index (χ1v) is 9.13. The zero-order valence-corrected chi connectivity index (χ0v) is 17.9. The van der Waals surface area contributed by atoms with E-state index in [0.717, 1.165) is 19.3 Å². The van der Waals surface area contributed by atoms with Crippen LogP contribution in [0.5, 0.6) is 0 Å². The van der Waals surface area contributed by atoms with Crippen LogP contribution in [0.25, 0.3) is 0 Å². The molecule has 0 rings (SSSR count). The van der Waals surface area contributed by atoms with Gasteiger partial charge in [-0.05, 0) is 19.4 Å². The Morgan fingerprint density at radius 2 is 1.46 bits per heavy atom. The third kappa shape index (κ3) is 26.9. The molecule has 0 spiro atoms. The van der Waals surface area contributed by atoms with Crippen LogP contribution in [0.3, 0.4) is 0 Å². The van der Waals surface area contributed by atoms with Gasteiger partial charge in [-0.1, -0.05) is 71.1 Å². The number of carbonyl (C=O) groups is 1. The van der Waals surface area contributed by atoms with Crippen molar-refractivity contribution in [1.82, 2.24) is 0 Å². The first-order chi connectivity index (χ1) is 11.1. The number of hydrogen-bond acceptors (Lipinski definition) is 4. The van der Waals surface area contributed by atoms with Crippen molar-refractivity contribution in [2.75, 3.05) is 6.54 Å². The van der Waals surface area contributed by atoms with Crippen molar-refractivity contribution in [3.05, 3.63) is 0 Å². The molecule has 0 fully saturated rings. The molecule has 6 heteroatoms. The zero-order valence-electron chi connectivity index (χ0n) is 15.9. The van der Waals surface area contributed by atoms with E-state index in [1.165, 1.54) is 51.4 Å². The number of nitrogens with two attached hydrogens (primary N) is 2. The quantitative estimate of drug-likeness (QED) is 0.227. The molecule has 1 atom stereocenters. The molecule has 0 heterocycles. The van der Waals surface area contributed by atoms with Crippen molar-refractivity contribution < 1.29 is 44.3 Å². The number of carboxylic acids is 1. The van der Waals surface area contributed by atoms with Crippen molar-refractivity contribution in [3.63, 3.8) is 0 Å². The van der Waals surface area contributed by atoms with E-state index in [0.29, 0.717) is 19.4 Å².